The predicted octanol–water partition coefficient (Wildman–Crippen LogP) is 5.07. The number of anilines is 1. The number of hydrogen-bond acceptors (Lipinski definition) is 3. The van der Waals surface area contributed by atoms with E-state index in [9.17, 15) is 4.79 Å². The summed E-state index contributed by atoms with van der Waals surface area (Å²) in [5.41, 5.74) is 0.602. The SMILES string of the molecule is CC(C)(C)OC(=O)NC1CCC(Nc2c(Br)cccc2Br)C1. The van der Waals surface area contributed by atoms with Gasteiger partial charge in [0.05, 0.1) is 5.69 Å². The third-order valence-electron chi connectivity index (χ3n) is 3.46. The Balaban J connectivity index is 1.87. The molecular formula is C16H22Br2N2O2. The second-order valence-electron chi connectivity index (χ2n) is 6.59. The lowest BCUT2D eigenvalue weighted by Gasteiger charge is -2.22. The number of carbonyl (C=O) groups excluding carboxylic acids is 1. The van der Waals surface area contributed by atoms with Crippen molar-refractivity contribution in [3.05, 3.63) is 27.1 Å². The van der Waals surface area contributed by atoms with Crippen molar-refractivity contribution in [3.8, 4) is 0 Å². The van der Waals surface area contributed by atoms with Crippen molar-refractivity contribution in [2.45, 2.75) is 57.7 Å². The number of benzene rings is 1. The maximum atomic E-state index is 11.8. The van der Waals surface area contributed by atoms with Crippen LogP contribution in [0.2, 0.25) is 0 Å². The van der Waals surface area contributed by atoms with Crippen LogP contribution in [0.15, 0.2) is 27.1 Å². The molecule has 1 aromatic carbocycles. The first-order chi connectivity index (χ1) is 10.2. The molecule has 0 aliphatic heterocycles. The van der Waals surface area contributed by atoms with Crippen LogP contribution in [-0.2, 0) is 4.74 Å². The summed E-state index contributed by atoms with van der Waals surface area (Å²) in [6, 6.07) is 6.52. The molecule has 1 amide bonds. The van der Waals surface area contributed by atoms with E-state index >= 15 is 0 Å². The van der Waals surface area contributed by atoms with Gasteiger partial charge in [-0.05, 0) is 84.0 Å². The maximum Gasteiger partial charge on any atom is 0.407 e. The van der Waals surface area contributed by atoms with E-state index in [4.69, 9.17) is 4.74 Å². The first kappa shape index (κ1) is 17.6. The Morgan fingerprint density at radius 3 is 2.36 bits per heavy atom. The summed E-state index contributed by atoms with van der Waals surface area (Å²) in [5.74, 6) is 0. The highest BCUT2D eigenvalue weighted by Crippen LogP contribution is 2.33. The Labute approximate surface area is 148 Å². The fourth-order valence-corrected chi connectivity index (χ4v) is 3.79. The van der Waals surface area contributed by atoms with Gasteiger partial charge in [0.1, 0.15) is 5.60 Å². The van der Waals surface area contributed by atoms with Crippen LogP contribution in [0.5, 0.6) is 0 Å². The molecule has 0 saturated heterocycles. The van der Waals surface area contributed by atoms with Crippen LogP contribution >= 0.6 is 31.9 Å². The maximum absolute atomic E-state index is 11.8. The third-order valence-corrected chi connectivity index (χ3v) is 4.79. The number of hydrogen-bond donors (Lipinski definition) is 2. The molecule has 1 aliphatic carbocycles. The van der Waals surface area contributed by atoms with Crippen molar-refractivity contribution in [1.82, 2.24) is 5.32 Å². The highest BCUT2D eigenvalue weighted by molar-refractivity contribution is 9.11. The smallest absolute Gasteiger partial charge is 0.407 e. The third kappa shape index (κ3) is 5.16. The van der Waals surface area contributed by atoms with Crippen LogP contribution in [0.4, 0.5) is 10.5 Å². The second kappa shape index (κ2) is 7.21. The minimum atomic E-state index is -0.458. The van der Waals surface area contributed by atoms with Gasteiger partial charge >= 0.3 is 6.09 Å². The van der Waals surface area contributed by atoms with Crippen LogP contribution in [0, 0.1) is 0 Å². The summed E-state index contributed by atoms with van der Waals surface area (Å²) in [5, 5.41) is 6.50. The van der Waals surface area contributed by atoms with Gasteiger partial charge in [0, 0.05) is 21.0 Å². The summed E-state index contributed by atoms with van der Waals surface area (Å²) in [6.45, 7) is 5.61. The molecule has 2 N–H and O–H groups in total. The molecule has 6 heteroatoms. The normalized spacial score (nSPS) is 21.5. The first-order valence-corrected chi connectivity index (χ1v) is 9.03. The van der Waals surface area contributed by atoms with Crippen LogP contribution in [0.1, 0.15) is 40.0 Å². The highest BCUT2D eigenvalue weighted by Gasteiger charge is 2.28. The van der Waals surface area contributed by atoms with Crippen LogP contribution < -0.4 is 10.6 Å². The second-order valence-corrected chi connectivity index (χ2v) is 8.30. The molecule has 1 fully saturated rings. The van der Waals surface area contributed by atoms with Crippen molar-refractivity contribution >= 4 is 43.6 Å². The number of rotatable bonds is 3. The molecule has 0 spiro atoms. The number of amides is 1. The lowest BCUT2D eigenvalue weighted by molar-refractivity contribution is 0.0505. The molecule has 2 rings (SSSR count). The fraction of sp³-hybridized carbons (Fsp3) is 0.562. The van der Waals surface area contributed by atoms with E-state index in [2.05, 4.69) is 42.5 Å². The molecule has 122 valence electrons. The molecule has 4 nitrogen and oxygen atoms in total. The van der Waals surface area contributed by atoms with Crippen LogP contribution in [0.3, 0.4) is 0 Å². The topological polar surface area (TPSA) is 50.4 Å². The van der Waals surface area contributed by atoms with Crippen molar-refractivity contribution in [3.63, 3.8) is 0 Å². The average Bonchev–Trinajstić information content (AvgIpc) is 2.79. The van der Waals surface area contributed by atoms with E-state index in [0.29, 0.717) is 6.04 Å². The number of halogens is 2. The van der Waals surface area contributed by atoms with Gasteiger partial charge in [-0.2, -0.15) is 0 Å². The minimum Gasteiger partial charge on any atom is -0.444 e. The van der Waals surface area contributed by atoms with Gasteiger partial charge in [0.2, 0.25) is 0 Å². The number of ether oxygens (including phenoxy) is 1. The Bertz CT molecular complexity index is 523. The summed E-state index contributed by atoms with van der Waals surface area (Å²) in [6.07, 6.45) is 2.54. The van der Waals surface area contributed by atoms with Crippen molar-refractivity contribution in [2.75, 3.05) is 5.32 Å². The largest absolute Gasteiger partial charge is 0.444 e. The molecule has 1 aromatic rings. The van der Waals surface area contributed by atoms with E-state index in [-0.39, 0.29) is 12.1 Å². The molecule has 22 heavy (non-hydrogen) atoms. The van der Waals surface area contributed by atoms with Crippen molar-refractivity contribution in [2.24, 2.45) is 0 Å². The Morgan fingerprint density at radius 1 is 1.18 bits per heavy atom. The fourth-order valence-electron chi connectivity index (χ4n) is 2.56. The molecule has 0 aromatic heterocycles. The van der Waals surface area contributed by atoms with E-state index in [1.54, 1.807) is 0 Å². The zero-order valence-corrected chi connectivity index (χ0v) is 16.3. The van der Waals surface area contributed by atoms with Crippen molar-refractivity contribution in [1.29, 1.82) is 0 Å². The number of para-hydroxylation sites is 1. The number of carbonyl (C=O) groups is 1. The van der Waals surface area contributed by atoms with Gasteiger partial charge in [0.15, 0.2) is 0 Å². The monoisotopic (exact) mass is 432 g/mol. The molecule has 0 bridgehead atoms. The summed E-state index contributed by atoms with van der Waals surface area (Å²) in [4.78, 5) is 11.8. The average molecular weight is 434 g/mol. The van der Waals surface area contributed by atoms with Crippen LogP contribution in [0.25, 0.3) is 0 Å². The standard InChI is InChI=1S/C16H22Br2N2O2/c1-16(2,3)22-15(21)20-11-8-7-10(9-11)19-14-12(17)5-4-6-13(14)18/h4-6,10-11,19H,7-9H2,1-3H3,(H,20,21). The molecule has 0 heterocycles. The van der Waals surface area contributed by atoms with E-state index in [1.807, 2.05) is 39.0 Å². The van der Waals surface area contributed by atoms with Gasteiger partial charge in [-0.25, -0.2) is 4.79 Å². The molecule has 1 aliphatic rings. The summed E-state index contributed by atoms with van der Waals surface area (Å²) >= 11 is 7.12. The Morgan fingerprint density at radius 2 is 1.77 bits per heavy atom. The van der Waals surface area contributed by atoms with Gasteiger partial charge in [-0.3, -0.25) is 0 Å². The van der Waals surface area contributed by atoms with Gasteiger partial charge < -0.3 is 15.4 Å². The first-order valence-electron chi connectivity index (χ1n) is 7.44. The molecular weight excluding hydrogens is 412 g/mol. The van der Waals surface area contributed by atoms with E-state index < -0.39 is 5.60 Å². The van der Waals surface area contributed by atoms with E-state index in [0.717, 1.165) is 33.9 Å². The molecule has 0 radical (unpaired) electrons. The molecule has 2 atom stereocenters. The zero-order chi connectivity index (χ0) is 16.3. The lowest BCUT2D eigenvalue weighted by atomic mass is 10.2. The number of nitrogens with one attached hydrogen (secondary N) is 2. The number of alkyl carbamates (subject to hydrolysis) is 1. The summed E-state index contributed by atoms with van der Waals surface area (Å²) in [7, 11) is 0. The Hall–Kier alpha value is -0.750. The predicted molar refractivity (Wildman–Crippen MR) is 96.3 cm³/mol. The van der Waals surface area contributed by atoms with Crippen LogP contribution in [-0.4, -0.2) is 23.8 Å². The van der Waals surface area contributed by atoms with Gasteiger partial charge in [-0.1, -0.05) is 6.07 Å². The quantitative estimate of drug-likeness (QED) is 0.699. The molecule has 2 unspecified atom stereocenters. The van der Waals surface area contributed by atoms with E-state index in [1.165, 1.54) is 0 Å². The highest BCUT2D eigenvalue weighted by atomic mass is 79.9. The zero-order valence-electron chi connectivity index (χ0n) is 13.1. The summed E-state index contributed by atoms with van der Waals surface area (Å²) < 4.78 is 7.37. The molecule has 1 saturated carbocycles. The lowest BCUT2D eigenvalue weighted by Crippen LogP contribution is -2.38. The Kier molecular flexibility index (Phi) is 5.77. The van der Waals surface area contributed by atoms with Crippen molar-refractivity contribution < 1.29 is 9.53 Å². The van der Waals surface area contributed by atoms with Gasteiger partial charge in [-0.15, -0.1) is 0 Å². The minimum absolute atomic E-state index is 0.161. The van der Waals surface area contributed by atoms with Gasteiger partial charge in [0.25, 0.3) is 0 Å².